The van der Waals surface area contributed by atoms with Gasteiger partial charge in [0.2, 0.25) is 17.7 Å². The summed E-state index contributed by atoms with van der Waals surface area (Å²) in [6.07, 6.45) is 1.24. The molecule has 10 nitrogen and oxygen atoms in total. The predicted octanol–water partition coefficient (Wildman–Crippen LogP) is 1.45. The van der Waals surface area contributed by atoms with Crippen LogP contribution in [0.25, 0.3) is 10.9 Å². The summed E-state index contributed by atoms with van der Waals surface area (Å²) in [6.45, 7) is 3.84. The fourth-order valence-corrected chi connectivity index (χ4v) is 4.40. The average molecular weight is 511 g/mol. The first-order valence-electron chi connectivity index (χ1n) is 11.5. The van der Waals surface area contributed by atoms with E-state index >= 15 is 0 Å². The van der Waals surface area contributed by atoms with E-state index in [1.165, 1.54) is 10.9 Å². The molecule has 0 saturated carbocycles. The van der Waals surface area contributed by atoms with Gasteiger partial charge in [-0.05, 0) is 35.9 Å². The summed E-state index contributed by atoms with van der Waals surface area (Å²) >= 11 is 5.94. The maximum absolute atomic E-state index is 13.2. The highest BCUT2D eigenvalue weighted by atomic mass is 35.5. The highest BCUT2D eigenvalue weighted by Crippen LogP contribution is 2.21. The SMILES string of the molecule is CC(=O)N1CCN(c2ccc3ncn(CC(=O)N[C@H](CC(N)=O)c4ccc(Cl)cc4)c(=O)c3c2)CC1. The molecular formula is C25H27ClN6O4. The molecule has 1 aromatic heterocycles. The number of nitrogens with zero attached hydrogens (tertiary/aromatic N) is 4. The van der Waals surface area contributed by atoms with E-state index in [4.69, 9.17) is 17.3 Å². The summed E-state index contributed by atoms with van der Waals surface area (Å²) < 4.78 is 1.23. The molecular weight excluding hydrogens is 484 g/mol. The number of aromatic nitrogens is 2. The number of carbonyl (C=O) groups is 3. The number of hydrogen-bond donors (Lipinski definition) is 2. The Kier molecular flexibility index (Phi) is 7.54. The van der Waals surface area contributed by atoms with Crippen LogP contribution in [0.4, 0.5) is 5.69 Å². The van der Waals surface area contributed by atoms with Crippen LogP contribution in [0, 0.1) is 0 Å². The number of benzene rings is 2. The third kappa shape index (κ3) is 5.83. The van der Waals surface area contributed by atoms with Crippen molar-refractivity contribution in [3.05, 3.63) is 69.7 Å². The molecule has 0 spiro atoms. The molecule has 1 saturated heterocycles. The number of fused-ring (bicyclic) bond motifs is 1. The van der Waals surface area contributed by atoms with E-state index in [1.54, 1.807) is 48.2 Å². The number of carbonyl (C=O) groups excluding carboxylic acids is 3. The molecule has 3 amide bonds. The van der Waals surface area contributed by atoms with Gasteiger partial charge < -0.3 is 20.9 Å². The molecule has 1 aliphatic heterocycles. The second kappa shape index (κ2) is 10.8. The molecule has 36 heavy (non-hydrogen) atoms. The van der Waals surface area contributed by atoms with Gasteiger partial charge in [-0.25, -0.2) is 4.98 Å². The number of hydrogen-bond acceptors (Lipinski definition) is 6. The van der Waals surface area contributed by atoms with Gasteiger partial charge in [-0.2, -0.15) is 0 Å². The molecule has 0 radical (unpaired) electrons. The lowest BCUT2D eigenvalue weighted by Crippen LogP contribution is -2.48. The van der Waals surface area contributed by atoms with Crippen molar-refractivity contribution in [3.63, 3.8) is 0 Å². The van der Waals surface area contributed by atoms with Crippen LogP contribution in [0.5, 0.6) is 0 Å². The fraction of sp³-hybridized carbons (Fsp3) is 0.320. The number of primary amides is 1. The Balaban J connectivity index is 1.51. The Hall–Kier alpha value is -3.92. The monoisotopic (exact) mass is 510 g/mol. The van der Waals surface area contributed by atoms with Crippen LogP contribution >= 0.6 is 11.6 Å². The van der Waals surface area contributed by atoms with Crippen LogP contribution in [-0.4, -0.2) is 58.4 Å². The Morgan fingerprint density at radius 3 is 2.42 bits per heavy atom. The van der Waals surface area contributed by atoms with E-state index in [0.29, 0.717) is 47.7 Å². The van der Waals surface area contributed by atoms with Crippen molar-refractivity contribution in [2.75, 3.05) is 31.1 Å². The maximum atomic E-state index is 13.2. The summed E-state index contributed by atoms with van der Waals surface area (Å²) in [5, 5.41) is 3.69. The summed E-state index contributed by atoms with van der Waals surface area (Å²) in [5.41, 5.74) is 7.07. The van der Waals surface area contributed by atoms with Gasteiger partial charge in [0, 0.05) is 43.8 Å². The van der Waals surface area contributed by atoms with Crippen molar-refractivity contribution in [1.82, 2.24) is 19.8 Å². The van der Waals surface area contributed by atoms with Crippen LogP contribution in [0.2, 0.25) is 5.02 Å². The number of piperazine rings is 1. The molecule has 1 fully saturated rings. The molecule has 1 aliphatic rings. The third-order valence-corrected chi connectivity index (χ3v) is 6.48. The highest BCUT2D eigenvalue weighted by Gasteiger charge is 2.21. The zero-order valence-electron chi connectivity index (χ0n) is 19.8. The van der Waals surface area contributed by atoms with Gasteiger partial charge in [-0.1, -0.05) is 23.7 Å². The fourth-order valence-electron chi connectivity index (χ4n) is 4.28. The Morgan fingerprint density at radius 2 is 1.78 bits per heavy atom. The first-order valence-corrected chi connectivity index (χ1v) is 11.9. The molecule has 0 unspecified atom stereocenters. The minimum absolute atomic E-state index is 0.0488. The lowest BCUT2D eigenvalue weighted by molar-refractivity contribution is -0.129. The molecule has 3 aromatic rings. The second-order valence-corrected chi connectivity index (χ2v) is 9.15. The van der Waals surface area contributed by atoms with Crippen molar-refractivity contribution in [1.29, 1.82) is 0 Å². The van der Waals surface area contributed by atoms with Crippen LogP contribution in [0.3, 0.4) is 0 Å². The number of halogens is 1. The zero-order chi connectivity index (χ0) is 25.8. The Labute approximate surface area is 212 Å². The third-order valence-electron chi connectivity index (χ3n) is 6.22. The van der Waals surface area contributed by atoms with Gasteiger partial charge in [0.25, 0.3) is 5.56 Å². The van der Waals surface area contributed by atoms with E-state index in [2.05, 4.69) is 15.2 Å². The Morgan fingerprint density at radius 1 is 1.08 bits per heavy atom. The normalized spacial score (nSPS) is 14.5. The molecule has 11 heteroatoms. The quantitative estimate of drug-likeness (QED) is 0.494. The predicted molar refractivity (Wildman–Crippen MR) is 137 cm³/mol. The molecule has 2 aromatic carbocycles. The summed E-state index contributed by atoms with van der Waals surface area (Å²) in [4.78, 5) is 57.4. The van der Waals surface area contributed by atoms with Gasteiger partial charge in [-0.3, -0.25) is 23.7 Å². The number of anilines is 1. The molecule has 3 N–H and O–H groups in total. The van der Waals surface area contributed by atoms with Crippen molar-refractivity contribution >= 4 is 45.9 Å². The standard InChI is InChI=1S/C25H27ClN6O4/c1-16(33)30-8-10-31(11-9-30)19-6-7-21-20(12-19)25(36)32(15-28-21)14-24(35)29-22(13-23(27)34)17-2-4-18(26)5-3-17/h2-7,12,15,22H,8-11,13-14H2,1H3,(H2,27,34)(H,29,35)/t22-/m1/s1. The number of nitrogens with two attached hydrogens (primary N) is 1. The van der Waals surface area contributed by atoms with Gasteiger partial charge in [0.1, 0.15) is 6.54 Å². The van der Waals surface area contributed by atoms with Crippen LogP contribution in [0.1, 0.15) is 24.9 Å². The smallest absolute Gasteiger partial charge is 0.261 e. The van der Waals surface area contributed by atoms with E-state index in [9.17, 15) is 19.2 Å². The summed E-state index contributed by atoms with van der Waals surface area (Å²) in [7, 11) is 0. The topological polar surface area (TPSA) is 131 Å². The minimum Gasteiger partial charge on any atom is -0.370 e. The average Bonchev–Trinajstić information content (AvgIpc) is 2.85. The molecule has 0 aliphatic carbocycles. The first-order chi connectivity index (χ1) is 17.2. The largest absolute Gasteiger partial charge is 0.370 e. The first kappa shape index (κ1) is 25.2. The van der Waals surface area contributed by atoms with Crippen molar-refractivity contribution in [2.24, 2.45) is 5.73 Å². The molecule has 188 valence electrons. The van der Waals surface area contributed by atoms with Gasteiger partial charge in [0.15, 0.2) is 0 Å². The zero-order valence-corrected chi connectivity index (χ0v) is 20.6. The highest BCUT2D eigenvalue weighted by molar-refractivity contribution is 6.30. The van der Waals surface area contributed by atoms with Gasteiger partial charge in [0.05, 0.1) is 29.7 Å². The lowest BCUT2D eigenvalue weighted by Gasteiger charge is -2.35. The van der Waals surface area contributed by atoms with Gasteiger partial charge >= 0.3 is 0 Å². The Bertz CT molecular complexity index is 1350. The van der Waals surface area contributed by atoms with E-state index in [0.717, 1.165) is 5.69 Å². The number of amides is 3. The number of rotatable bonds is 7. The van der Waals surface area contributed by atoms with Crippen LogP contribution < -0.4 is 21.5 Å². The number of nitrogens with one attached hydrogen (secondary N) is 1. The molecule has 4 rings (SSSR count). The summed E-state index contributed by atoms with van der Waals surface area (Å²) in [5.74, 6) is -0.986. The van der Waals surface area contributed by atoms with Gasteiger partial charge in [-0.15, -0.1) is 0 Å². The van der Waals surface area contributed by atoms with E-state index < -0.39 is 17.9 Å². The van der Waals surface area contributed by atoms with Crippen molar-refractivity contribution in [2.45, 2.75) is 25.9 Å². The maximum Gasteiger partial charge on any atom is 0.261 e. The lowest BCUT2D eigenvalue weighted by atomic mass is 10.0. The minimum atomic E-state index is -0.656. The molecule has 0 bridgehead atoms. The van der Waals surface area contributed by atoms with Crippen molar-refractivity contribution < 1.29 is 14.4 Å². The van der Waals surface area contributed by atoms with E-state index in [-0.39, 0.29) is 24.4 Å². The molecule has 2 heterocycles. The summed E-state index contributed by atoms with van der Waals surface area (Å²) in [6, 6.07) is 11.5. The molecule has 1 atom stereocenters. The van der Waals surface area contributed by atoms with Crippen LogP contribution in [-0.2, 0) is 20.9 Å². The van der Waals surface area contributed by atoms with Crippen molar-refractivity contribution in [3.8, 4) is 0 Å². The van der Waals surface area contributed by atoms with Crippen LogP contribution in [0.15, 0.2) is 53.6 Å². The van der Waals surface area contributed by atoms with E-state index in [1.807, 2.05) is 6.07 Å². The second-order valence-electron chi connectivity index (χ2n) is 8.71.